The molecule has 3 heterocycles. The van der Waals surface area contributed by atoms with E-state index in [2.05, 4.69) is 0 Å². The number of hydrogen-bond acceptors (Lipinski definition) is 5. The van der Waals surface area contributed by atoms with E-state index in [1.54, 1.807) is 28.0 Å². The smallest absolute Gasteiger partial charge is 0.289 e. The molecule has 0 radical (unpaired) electrons. The Morgan fingerprint density at radius 1 is 0.923 bits per heavy atom. The van der Waals surface area contributed by atoms with Gasteiger partial charge in [0.05, 0.1) is 6.26 Å². The van der Waals surface area contributed by atoms with Crippen molar-refractivity contribution < 1.29 is 23.5 Å². The molecule has 7 heteroatoms. The maximum absolute atomic E-state index is 12.9. The Balaban J connectivity index is 1.39. The summed E-state index contributed by atoms with van der Waals surface area (Å²) in [6.45, 7) is 3.67. The first kappa shape index (κ1) is 16.5. The highest BCUT2D eigenvalue weighted by Crippen LogP contribution is 2.34. The van der Waals surface area contributed by atoms with E-state index in [0.717, 1.165) is 0 Å². The summed E-state index contributed by atoms with van der Waals surface area (Å²) in [5, 5.41) is 0. The van der Waals surface area contributed by atoms with Crippen LogP contribution in [0.25, 0.3) is 0 Å². The monoisotopic (exact) mass is 356 g/mol. The standard InChI is InChI=1S/C19H20N2O5/c1-13-17(26-15-6-3-2-5-14(15)25-13)19(23)21-10-8-20(9-11-21)18(22)16-7-4-12-24-16/h2-7,12-13,17H,8-11H2,1H3. The van der Waals surface area contributed by atoms with Gasteiger partial charge in [0.15, 0.2) is 17.3 Å². The summed E-state index contributed by atoms with van der Waals surface area (Å²) in [7, 11) is 0. The van der Waals surface area contributed by atoms with Crippen LogP contribution in [0.15, 0.2) is 47.1 Å². The van der Waals surface area contributed by atoms with Crippen molar-refractivity contribution in [1.82, 2.24) is 9.80 Å². The molecule has 0 saturated carbocycles. The molecule has 1 fully saturated rings. The quantitative estimate of drug-likeness (QED) is 0.820. The fraction of sp³-hybridized carbons (Fsp3) is 0.368. The topological polar surface area (TPSA) is 72.2 Å². The van der Waals surface area contributed by atoms with E-state index in [9.17, 15) is 9.59 Å². The highest BCUT2D eigenvalue weighted by atomic mass is 16.6. The van der Waals surface area contributed by atoms with Gasteiger partial charge in [-0.25, -0.2) is 0 Å². The van der Waals surface area contributed by atoms with E-state index < -0.39 is 6.10 Å². The van der Waals surface area contributed by atoms with Gasteiger partial charge in [0.25, 0.3) is 11.8 Å². The number of hydrogen-bond donors (Lipinski definition) is 0. The molecule has 1 saturated heterocycles. The van der Waals surface area contributed by atoms with Crippen LogP contribution in [0.2, 0.25) is 0 Å². The number of piperazine rings is 1. The second-order valence-electron chi connectivity index (χ2n) is 6.40. The normalized spacial score (nSPS) is 22.2. The third-order valence-corrected chi connectivity index (χ3v) is 4.70. The van der Waals surface area contributed by atoms with Gasteiger partial charge in [-0.3, -0.25) is 9.59 Å². The SMILES string of the molecule is CC1Oc2ccccc2OC1C(=O)N1CCN(C(=O)c2ccco2)CC1. The van der Waals surface area contributed by atoms with Gasteiger partial charge in [-0.05, 0) is 31.2 Å². The zero-order chi connectivity index (χ0) is 18.1. The third kappa shape index (κ3) is 3.00. The Labute approximate surface area is 151 Å². The van der Waals surface area contributed by atoms with E-state index in [4.69, 9.17) is 13.9 Å². The number of carbonyl (C=O) groups excluding carboxylic acids is 2. The van der Waals surface area contributed by atoms with Crippen molar-refractivity contribution in [3.63, 3.8) is 0 Å². The molecule has 0 aliphatic carbocycles. The molecule has 136 valence electrons. The number of carbonyl (C=O) groups is 2. The first-order valence-electron chi connectivity index (χ1n) is 8.67. The molecule has 1 aromatic carbocycles. The minimum absolute atomic E-state index is 0.114. The van der Waals surface area contributed by atoms with Crippen molar-refractivity contribution in [2.45, 2.75) is 19.1 Å². The van der Waals surface area contributed by atoms with Crippen molar-refractivity contribution in [2.24, 2.45) is 0 Å². The summed E-state index contributed by atoms with van der Waals surface area (Å²) in [5.41, 5.74) is 0. The molecule has 4 rings (SSSR count). The van der Waals surface area contributed by atoms with Crippen molar-refractivity contribution in [3.8, 4) is 11.5 Å². The van der Waals surface area contributed by atoms with Gasteiger partial charge in [0.1, 0.15) is 6.10 Å². The number of ether oxygens (including phenoxy) is 2. The van der Waals surface area contributed by atoms with Crippen LogP contribution in [0.5, 0.6) is 11.5 Å². The second kappa shape index (κ2) is 6.74. The molecule has 1 aromatic heterocycles. The van der Waals surface area contributed by atoms with E-state index >= 15 is 0 Å². The average Bonchev–Trinajstić information content (AvgIpc) is 3.21. The summed E-state index contributed by atoms with van der Waals surface area (Å²) >= 11 is 0. The highest BCUT2D eigenvalue weighted by molar-refractivity contribution is 5.91. The fourth-order valence-electron chi connectivity index (χ4n) is 3.26. The minimum Gasteiger partial charge on any atom is -0.482 e. The molecule has 2 aromatic rings. The first-order chi connectivity index (χ1) is 12.6. The molecule has 0 spiro atoms. The lowest BCUT2D eigenvalue weighted by Crippen LogP contribution is -2.56. The highest BCUT2D eigenvalue weighted by Gasteiger charge is 2.38. The molecular formula is C19H20N2O5. The van der Waals surface area contributed by atoms with Crippen LogP contribution in [0.1, 0.15) is 17.5 Å². The predicted molar refractivity (Wildman–Crippen MR) is 92.1 cm³/mol. The van der Waals surface area contributed by atoms with Gasteiger partial charge in [-0.15, -0.1) is 0 Å². The molecular weight excluding hydrogens is 336 g/mol. The number of nitrogens with zero attached hydrogens (tertiary/aromatic N) is 2. The lowest BCUT2D eigenvalue weighted by atomic mass is 10.1. The molecule has 2 unspecified atom stereocenters. The fourth-order valence-corrected chi connectivity index (χ4v) is 3.26. The van der Waals surface area contributed by atoms with Crippen LogP contribution in [0.4, 0.5) is 0 Å². The predicted octanol–water partition coefficient (Wildman–Crippen LogP) is 1.79. The number of benzene rings is 1. The molecule has 2 aliphatic rings. The maximum atomic E-state index is 12.9. The lowest BCUT2D eigenvalue weighted by molar-refractivity contribution is -0.145. The summed E-state index contributed by atoms with van der Waals surface area (Å²) in [4.78, 5) is 28.6. The van der Waals surface area contributed by atoms with Crippen molar-refractivity contribution in [2.75, 3.05) is 26.2 Å². The molecule has 0 bridgehead atoms. The number of para-hydroxylation sites is 2. The Morgan fingerprint density at radius 2 is 1.58 bits per heavy atom. The van der Waals surface area contributed by atoms with Crippen molar-refractivity contribution in [3.05, 3.63) is 48.4 Å². The van der Waals surface area contributed by atoms with Crippen LogP contribution in [-0.2, 0) is 4.79 Å². The van der Waals surface area contributed by atoms with Gasteiger partial charge >= 0.3 is 0 Å². The number of rotatable bonds is 2. The third-order valence-electron chi connectivity index (χ3n) is 4.70. The van der Waals surface area contributed by atoms with Crippen LogP contribution in [0.3, 0.4) is 0 Å². The Kier molecular flexibility index (Phi) is 4.28. The Morgan fingerprint density at radius 3 is 2.23 bits per heavy atom. The Bertz CT molecular complexity index is 796. The van der Waals surface area contributed by atoms with Gasteiger partial charge in [-0.1, -0.05) is 12.1 Å². The zero-order valence-corrected chi connectivity index (χ0v) is 14.5. The molecule has 2 amide bonds. The van der Waals surface area contributed by atoms with Crippen LogP contribution < -0.4 is 9.47 Å². The van der Waals surface area contributed by atoms with Crippen LogP contribution in [0, 0.1) is 0 Å². The summed E-state index contributed by atoms with van der Waals surface area (Å²) in [5.74, 6) is 1.28. The van der Waals surface area contributed by atoms with Crippen molar-refractivity contribution >= 4 is 11.8 Å². The minimum atomic E-state index is -0.683. The lowest BCUT2D eigenvalue weighted by Gasteiger charge is -2.38. The first-order valence-corrected chi connectivity index (χ1v) is 8.67. The largest absolute Gasteiger partial charge is 0.482 e. The molecule has 26 heavy (non-hydrogen) atoms. The van der Waals surface area contributed by atoms with Crippen LogP contribution in [-0.4, -0.2) is 60.0 Å². The van der Waals surface area contributed by atoms with E-state index in [0.29, 0.717) is 43.4 Å². The summed E-state index contributed by atoms with van der Waals surface area (Å²) < 4.78 is 16.9. The number of fused-ring (bicyclic) bond motifs is 1. The van der Waals surface area contributed by atoms with Crippen LogP contribution >= 0.6 is 0 Å². The second-order valence-corrected chi connectivity index (χ2v) is 6.40. The van der Waals surface area contributed by atoms with Gasteiger partial charge in [0.2, 0.25) is 6.10 Å². The molecule has 2 aliphatic heterocycles. The van der Waals surface area contributed by atoms with Gasteiger partial charge in [-0.2, -0.15) is 0 Å². The number of furan rings is 1. The number of amides is 2. The van der Waals surface area contributed by atoms with Gasteiger partial charge < -0.3 is 23.7 Å². The van der Waals surface area contributed by atoms with Gasteiger partial charge in [0, 0.05) is 26.2 Å². The summed E-state index contributed by atoms with van der Waals surface area (Å²) in [6, 6.07) is 10.7. The molecule has 2 atom stereocenters. The Hall–Kier alpha value is -2.96. The molecule has 0 N–H and O–H groups in total. The average molecular weight is 356 g/mol. The van der Waals surface area contributed by atoms with Crippen molar-refractivity contribution in [1.29, 1.82) is 0 Å². The maximum Gasteiger partial charge on any atom is 0.289 e. The van der Waals surface area contributed by atoms with E-state index in [-0.39, 0.29) is 17.9 Å². The molecule has 7 nitrogen and oxygen atoms in total. The summed E-state index contributed by atoms with van der Waals surface area (Å²) in [6.07, 6.45) is 0.421. The van der Waals surface area contributed by atoms with E-state index in [1.807, 2.05) is 25.1 Å². The zero-order valence-electron chi connectivity index (χ0n) is 14.5. The van der Waals surface area contributed by atoms with E-state index in [1.165, 1.54) is 6.26 Å².